The number of benzene rings is 1. The van der Waals surface area contributed by atoms with Gasteiger partial charge in [-0.3, -0.25) is 4.90 Å². The van der Waals surface area contributed by atoms with E-state index in [1.165, 1.54) is 0 Å². The van der Waals surface area contributed by atoms with E-state index < -0.39 is 0 Å². The highest BCUT2D eigenvalue weighted by Crippen LogP contribution is 2.22. The molecule has 120 valence electrons. The lowest BCUT2D eigenvalue weighted by Gasteiger charge is -2.26. The van der Waals surface area contributed by atoms with Crippen LogP contribution in [0.3, 0.4) is 0 Å². The molecule has 23 heavy (non-hydrogen) atoms. The summed E-state index contributed by atoms with van der Waals surface area (Å²) in [6, 6.07) is 8.02. The summed E-state index contributed by atoms with van der Waals surface area (Å²) < 4.78 is 11.2. The number of hydrogen-bond acceptors (Lipinski definition) is 4. The van der Waals surface area contributed by atoms with Crippen LogP contribution < -0.4 is 4.74 Å². The van der Waals surface area contributed by atoms with Gasteiger partial charge in [-0.15, -0.1) is 6.42 Å². The van der Waals surface area contributed by atoms with E-state index in [1.54, 1.807) is 0 Å². The van der Waals surface area contributed by atoms with Crippen molar-refractivity contribution in [3.05, 3.63) is 35.5 Å². The van der Waals surface area contributed by atoms with Crippen molar-refractivity contribution in [2.24, 2.45) is 0 Å². The van der Waals surface area contributed by atoms with Crippen molar-refractivity contribution in [2.75, 3.05) is 39.5 Å². The van der Waals surface area contributed by atoms with Gasteiger partial charge in [-0.1, -0.05) is 0 Å². The van der Waals surface area contributed by atoms with Crippen LogP contribution in [0.2, 0.25) is 0 Å². The van der Waals surface area contributed by atoms with Gasteiger partial charge in [0.15, 0.2) is 0 Å². The molecular formula is C19H22N2O2. The molecule has 1 saturated heterocycles. The fourth-order valence-corrected chi connectivity index (χ4v) is 2.80. The maximum atomic E-state index is 5.88. The van der Waals surface area contributed by atoms with Gasteiger partial charge in [-0.2, -0.15) is 0 Å². The minimum Gasteiger partial charge on any atom is -0.494 e. The predicted octanol–water partition coefficient (Wildman–Crippen LogP) is 2.63. The number of terminal acetylenes is 1. The van der Waals surface area contributed by atoms with E-state index in [0.717, 1.165) is 68.1 Å². The summed E-state index contributed by atoms with van der Waals surface area (Å²) in [6.07, 6.45) is 6.48. The Bertz CT molecular complexity index is 715. The van der Waals surface area contributed by atoms with Gasteiger partial charge in [0, 0.05) is 25.0 Å². The topological polar surface area (TPSA) is 34.6 Å². The number of aromatic nitrogens is 1. The van der Waals surface area contributed by atoms with Gasteiger partial charge in [0.05, 0.1) is 25.3 Å². The van der Waals surface area contributed by atoms with Crippen molar-refractivity contribution in [1.29, 1.82) is 0 Å². The highest BCUT2D eigenvalue weighted by molar-refractivity contribution is 5.81. The van der Waals surface area contributed by atoms with Crippen LogP contribution in [-0.2, 0) is 4.74 Å². The Labute approximate surface area is 137 Å². The second-order valence-electron chi connectivity index (χ2n) is 5.81. The molecule has 1 fully saturated rings. The average Bonchev–Trinajstić information content (AvgIpc) is 2.59. The first-order valence-electron chi connectivity index (χ1n) is 8.07. The Balaban J connectivity index is 1.57. The van der Waals surface area contributed by atoms with Crippen LogP contribution in [0.5, 0.6) is 5.75 Å². The Morgan fingerprint density at radius 2 is 2.13 bits per heavy atom. The number of hydrogen-bond donors (Lipinski definition) is 0. The van der Waals surface area contributed by atoms with E-state index in [9.17, 15) is 0 Å². The number of rotatable bonds is 5. The number of fused-ring (bicyclic) bond motifs is 1. The zero-order valence-corrected chi connectivity index (χ0v) is 13.5. The number of aryl methyl sites for hydroxylation is 1. The third-order valence-corrected chi connectivity index (χ3v) is 4.10. The summed E-state index contributed by atoms with van der Waals surface area (Å²) in [4.78, 5) is 6.90. The van der Waals surface area contributed by atoms with Crippen LogP contribution >= 0.6 is 0 Å². The van der Waals surface area contributed by atoms with Crippen molar-refractivity contribution in [2.45, 2.75) is 13.3 Å². The minimum absolute atomic E-state index is 0.705. The van der Waals surface area contributed by atoms with E-state index in [0.29, 0.717) is 5.69 Å². The number of morpholine rings is 1. The number of pyridine rings is 1. The zero-order valence-electron chi connectivity index (χ0n) is 13.5. The molecule has 0 unspecified atom stereocenters. The van der Waals surface area contributed by atoms with Crippen molar-refractivity contribution >= 4 is 10.9 Å². The smallest absolute Gasteiger partial charge is 0.120 e. The highest BCUT2D eigenvalue weighted by atomic mass is 16.5. The third kappa shape index (κ3) is 4.01. The minimum atomic E-state index is 0.705. The SMILES string of the molecule is C#Cc1nc2ccc(OCCCN3CCOCC3)cc2cc1C. The summed E-state index contributed by atoms with van der Waals surface area (Å²) in [5.41, 5.74) is 2.63. The normalized spacial score (nSPS) is 15.5. The molecule has 0 radical (unpaired) electrons. The van der Waals surface area contributed by atoms with E-state index in [1.807, 2.05) is 25.1 Å². The molecule has 0 N–H and O–H groups in total. The van der Waals surface area contributed by atoms with Crippen LogP contribution in [0.25, 0.3) is 10.9 Å². The second kappa shape index (κ2) is 7.45. The lowest BCUT2D eigenvalue weighted by Crippen LogP contribution is -2.37. The van der Waals surface area contributed by atoms with Gasteiger partial charge < -0.3 is 9.47 Å². The van der Waals surface area contributed by atoms with Crippen LogP contribution in [-0.4, -0.2) is 49.3 Å². The highest BCUT2D eigenvalue weighted by Gasteiger charge is 2.09. The maximum absolute atomic E-state index is 5.88. The Kier molecular flexibility index (Phi) is 5.12. The second-order valence-corrected chi connectivity index (χ2v) is 5.81. The first-order valence-corrected chi connectivity index (χ1v) is 8.07. The fraction of sp³-hybridized carbons (Fsp3) is 0.421. The molecule has 1 aliphatic heterocycles. The maximum Gasteiger partial charge on any atom is 0.120 e. The fourth-order valence-electron chi connectivity index (χ4n) is 2.80. The lowest BCUT2D eigenvalue weighted by atomic mass is 10.1. The Hall–Kier alpha value is -2.09. The molecule has 1 aromatic carbocycles. The van der Waals surface area contributed by atoms with E-state index >= 15 is 0 Å². The summed E-state index contributed by atoms with van der Waals surface area (Å²) in [7, 11) is 0. The summed E-state index contributed by atoms with van der Waals surface area (Å²) in [5.74, 6) is 3.50. The largest absolute Gasteiger partial charge is 0.494 e. The molecule has 0 aliphatic carbocycles. The molecule has 3 rings (SSSR count). The van der Waals surface area contributed by atoms with E-state index in [-0.39, 0.29) is 0 Å². The lowest BCUT2D eigenvalue weighted by molar-refractivity contribution is 0.0358. The van der Waals surface area contributed by atoms with Crippen molar-refractivity contribution in [3.63, 3.8) is 0 Å². The first-order chi connectivity index (χ1) is 11.3. The molecule has 4 heteroatoms. The Morgan fingerprint density at radius 3 is 2.91 bits per heavy atom. The molecule has 4 nitrogen and oxygen atoms in total. The molecule has 0 amide bonds. The van der Waals surface area contributed by atoms with Crippen molar-refractivity contribution < 1.29 is 9.47 Å². The van der Waals surface area contributed by atoms with Gasteiger partial charge in [0.25, 0.3) is 0 Å². The van der Waals surface area contributed by atoms with Gasteiger partial charge in [-0.25, -0.2) is 4.98 Å². The number of nitrogens with zero attached hydrogens (tertiary/aromatic N) is 2. The van der Waals surface area contributed by atoms with Crippen LogP contribution in [0.4, 0.5) is 0 Å². The molecule has 1 aliphatic rings. The van der Waals surface area contributed by atoms with Gasteiger partial charge in [-0.05, 0) is 49.1 Å². The van der Waals surface area contributed by atoms with Gasteiger partial charge in [0.1, 0.15) is 11.4 Å². The van der Waals surface area contributed by atoms with Crippen LogP contribution in [0, 0.1) is 19.3 Å². The third-order valence-electron chi connectivity index (χ3n) is 4.10. The molecule has 1 aromatic heterocycles. The molecule has 0 atom stereocenters. The van der Waals surface area contributed by atoms with Gasteiger partial charge >= 0.3 is 0 Å². The molecule has 2 heterocycles. The molecular weight excluding hydrogens is 288 g/mol. The average molecular weight is 310 g/mol. The first kappa shape index (κ1) is 15.8. The van der Waals surface area contributed by atoms with Crippen molar-refractivity contribution in [1.82, 2.24) is 9.88 Å². The van der Waals surface area contributed by atoms with Crippen LogP contribution in [0.15, 0.2) is 24.3 Å². The summed E-state index contributed by atoms with van der Waals surface area (Å²) in [5, 5.41) is 1.06. The quantitative estimate of drug-likeness (QED) is 0.628. The Morgan fingerprint density at radius 1 is 1.30 bits per heavy atom. The molecule has 0 saturated carbocycles. The summed E-state index contributed by atoms with van der Waals surface area (Å²) in [6.45, 7) is 7.50. The number of ether oxygens (including phenoxy) is 2. The summed E-state index contributed by atoms with van der Waals surface area (Å²) >= 11 is 0. The monoisotopic (exact) mass is 310 g/mol. The zero-order chi connectivity index (χ0) is 16.1. The molecule has 2 aromatic rings. The van der Waals surface area contributed by atoms with Crippen molar-refractivity contribution in [3.8, 4) is 18.1 Å². The van der Waals surface area contributed by atoms with E-state index in [4.69, 9.17) is 15.9 Å². The van der Waals surface area contributed by atoms with Gasteiger partial charge in [0.2, 0.25) is 0 Å². The standard InChI is InChI=1S/C19H22N2O2/c1-3-18-15(2)13-16-14-17(5-6-19(16)20-18)23-10-4-7-21-8-11-22-12-9-21/h1,5-6,13-14H,4,7-12H2,2H3. The van der Waals surface area contributed by atoms with E-state index in [2.05, 4.69) is 21.9 Å². The van der Waals surface area contributed by atoms with Crippen LogP contribution in [0.1, 0.15) is 17.7 Å². The molecule has 0 spiro atoms. The molecule has 0 bridgehead atoms. The predicted molar refractivity (Wildman–Crippen MR) is 91.8 cm³/mol.